The Labute approximate surface area is 185 Å². The Kier molecular flexibility index (Phi) is 5.50. The van der Waals surface area contributed by atoms with Gasteiger partial charge in [0, 0.05) is 5.02 Å². The van der Waals surface area contributed by atoms with E-state index < -0.39 is 0 Å². The van der Waals surface area contributed by atoms with Crippen LogP contribution in [0.5, 0.6) is 0 Å². The van der Waals surface area contributed by atoms with E-state index in [0.717, 1.165) is 5.56 Å². The fourth-order valence-corrected chi connectivity index (χ4v) is 3.56. The molecule has 0 saturated carbocycles. The molecular formula is C26H22ClFN2O. The smallest absolute Gasteiger partial charge is 0.266 e. The molecule has 0 saturated heterocycles. The average molecular weight is 433 g/mol. The normalized spacial score (nSPS) is 12.0. The minimum absolute atomic E-state index is 0.0739. The van der Waals surface area contributed by atoms with E-state index in [4.69, 9.17) is 11.6 Å². The molecule has 3 aromatic carbocycles. The van der Waals surface area contributed by atoms with E-state index in [-0.39, 0.29) is 16.8 Å². The number of benzene rings is 3. The highest BCUT2D eigenvalue weighted by Gasteiger charge is 2.13. The highest BCUT2D eigenvalue weighted by atomic mass is 35.5. The summed E-state index contributed by atoms with van der Waals surface area (Å²) in [4.78, 5) is 17.9. The third-order valence-corrected chi connectivity index (χ3v) is 5.38. The summed E-state index contributed by atoms with van der Waals surface area (Å²) in [7, 11) is 0. The van der Waals surface area contributed by atoms with E-state index in [1.165, 1.54) is 22.3 Å². The van der Waals surface area contributed by atoms with Crippen molar-refractivity contribution in [2.75, 3.05) is 0 Å². The van der Waals surface area contributed by atoms with E-state index in [1.54, 1.807) is 36.4 Å². The standard InChI is InChI=1S/C26H22ClFN2O/c1-26(2,3)18-7-4-17(5-8-18)6-15-24-29-23-16-19(27)9-14-22(23)25(31)30(24)21-12-10-20(28)11-13-21/h4-16H,1-3H3/b15-6+. The summed E-state index contributed by atoms with van der Waals surface area (Å²) in [5, 5.41) is 0.951. The lowest BCUT2D eigenvalue weighted by atomic mass is 9.87. The first-order valence-corrected chi connectivity index (χ1v) is 10.4. The van der Waals surface area contributed by atoms with Crippen LogP contribution in [0.3, 0.4) is 0 Å². The largest absolute Gasteiger partial charge is 0.268 e. The van der Waals surface area contributed by atoms with Gasteiger partial charge < -0.3 is 0 Å². The molecule has 0 aliphatic rings. The molecule has 3 nitrogen and oxygen atoms in total. The Hall–Kier alpha value is -3.24. The SMILES string of the molecule is CC(C)(C)c1ccc(/C=C/c2nc3cc(Cl)ccc3c(=O)n2-c2ccc(F)cc2)cc1. The third-order valence-electron chi connectivity index (χ3n) is 5.14. The van der Waals surface area contributed by atoms with Gasteiger partial charge in [0.25, 0.3) is 5.56 Å². The predicted octanol–water partition coefficient (Wildman–Crippen LogP) is 6.65. The molecule has 0 radical (unpaired) electrons. The molecule has 156 valence electrons. The van der Waals surface area contributed by atoms with Crippen LogP contribution in [0.4, 0.5) is 4.39 Å². The minimum Gasteiger partial charge on any atom is -0.268 e. The Bertz CT molecular complexity index is 1330. The Balaban J connectivity index is 1.85. The zero-order valence-electron chi connectivity index (χ0n) is 17.6. The number of rotatable bonds is 3. The number of halogens is 2. The van der Waals surface area contributed by atoms with Gasteiger partial charge in [-0.15, -0.1) is 0 Å². The van der Waals surface area contributed by atoms with Crippen molar-refractivity contribution in [3.8, 4) is 5.69 Å². The van der Waals surface area contributed by atoms with Crippen molar-refractivity contribution in [2.24, 2.45) is 0 Å². The summed E-state index contributed by atoms with van der Waals surface area (Å²) in [5.41, 5.74) is 3.11. The lowest BCUT2D eigenvalue weighted by molar-refractivity contribution is 0.590. The maximum Gasteiger partial charge on any atom is 0.266 e. The maximum atomic E-state index is 13.5. The molecule has 0 bridgehead atoms. The van der Waals surface area contributed by atoms with E-state index in [0.29, 0.717) is 27.4 Å². The first kappa shape index (κ1) is 21.0. The maximum absolute atomic E-state index is 13.5. The molecule has 5 heteroatoms. The summed E-state index contributed by atoms with van der Waals surface area (Å²) in [5.74, 6) is 0.0691. The van der Waals surface area contributed by atoms with Crippen molar-refractivity contribution < 1.29 is 4.39 Å². The van der Waals surface area contributed by atoms with Crippen LogP contribution in [0.2, 0.25) is 5.02 Å². The van der Waals surface area contributed by atoms with Crippen molar-refractivity contribution >= 4 is 34.7 Å². The molecule has 0 amide bonds. The average Bonchev–Trinajstić information content (AvgIpc) is 2.73. The van der Waals surface area contributed by atoms with Crippen molar-refractivity contribution in [3.05, 3.63) is 105 Å². The van der Waals surface area contributed by atoms with Gasteiger partial charge in [0.05, 0.1) is 16.6 Å². The highest BCUT2D eigenvalue weighted by molar-refractivity contribution is 6.31. The fraction of sp³-hybridized carbons (Fsp3) is 0.154. The van der Waals surface area contributed by atoms with Crippen LogP contribution >= 0.6 is 11.6 Å². The molecule has 0 spiro atoms. The van der Waals surface area contributed by atoms with Gasteiger partial charge in [-0.05, 0) is 65.1 Å². The second kappa shape index (κ2) is 8.12. The zero-order chi connectivity index (χ0) is 22.2. The lowest BCUT2D eigenvalue weighted by Crippen LogP contribution is -2.22. The van der Waals surface area contributed by atoms with Gasteiger partial charge in [-0.1, -0.05) is 62.7 Å². The van der Waals surface area contributed by atoms with E-state index in [1.807, 2.05) is 18.2 Å². The first-order chi connectivity index (χ1) is 14.7. The second-order valence-corrected chi connectivity index (χ2v) is 8.89. The fourth-order valence-electron chi connectivity index (χ4n) is 3.39. The Morgan fingerprint density at radius 3 is 2.26 bits per heavy atom. The number of nitrogens with zero attached hydrogens (tertiary/aromatic N) is 2. The van der Waals surface area contributed by atoms with Gasteiger partial charge in [-0.3, -0.25) is 9.36 Å². The highest BCUT2D eigenvalue weighted by Crippen LogP contribution is 2.23. The lowest BCUT2D eigenvalue weighted by Gasteiger charge is -2.18. The van der Waals surface area contributed by atoms with Gasteiger partial charge in [0.1, 0.15) is 11.6 Å². The minimum atomic E-state index is -0.367. The topological polar surface area (TPSA) is 34.9 Å². The predicted molar refractivity (Wildman–Crippen MR) is 126 cm³/mol. The quantitative estimate of drug-likeness (QED) is 0.363. The molecule has 0 aliphatic carbocycles. The van der Waals surface area contributed by atoms with Crippen molar-refractivity contribution in [1.29, 1.82) is 0 Å². The van der Waals surface area contributed by atoms with Gasteiger partial charge in [0.15, 0.2) is 0 Å². The molecule has 4 aromatic rings. The van der Waals surface area contributed by atoms with E-state index in [2.05, 4.69) is 37.9 Å². The van der Waals surface area contributed by atoms with Crippen LogP contribution in [0, 0.1) is 5.82 Å². The monoisotopic (exact) mass is 432 g/mol. The third kappa shape index (κ3) is 4.44. The molecular weight excluding hydrogens is 411 g/mol. The van der Waals surface area contributed by atoms with Crippen LogP contribution in [-0.4, -0.2) is 9.55 Å². The summed E-state index contributed by atoms with van der Waals surface area (Å²) in [6.07, 6.45) is 3.70. The van der Waals surface area contributed by atoms with Crippen LogP contribution in [-0.2, 0) is 5.41 Å². The summed E-state index contributed by atoms with van der Waals surface area (Å²) < 4.78 is 14.9. The van der Waals surface area contributed by atoms with Crippen molar-refractivity contribution in [3.63, 3.8) is 0 Å². The Morgan fingerprint density at radius 2 is 1.61 bits per heavy atom. The number of hydrogen-bond acceptors (Lipinski definition) is 2. The zero-order valence-corrected chi connectivity index (χ0v) is 18.3. The molecule has 4 rings (SSSR count). The molecule has 0 N–H and O–H groups in total. The van der Waals surface area contributed by atoms with Crippen LogP contribution < -0.4 is 5.56 Å². The summed E-state index contributed by atoms with van der Waals surface area (Å²) in [6.45, 7) is 6.51. The van der Waals surface area contributed by atoms with E-state index in [9.17, 15) is 9.18 Å². The van der Waals surface area contributed by atoms with Crippen LogP contribution in [0.1, 0.15) is 37.7 Å². The molecule has 0 aliphatic heterocycles. The van der Waals surface area contributed by atoms with E-state index >= 15 is 0 Å². The van der Waals surface area contributed by atoms with Crippen molar-refractivity contribution in [1.82, 2.24) is 9.55 Å². The second-order valence-electron chi connectivity index (χ2n) is 8.45. The summed E-state index contributed by atoms with van der Waals surface area (Å²) in [6, 6.07) is 19.0. The first-order valence-electron chi connectivity index (χ1n) is 9.99. The number of aromatic nitrogens is 2. The van der Waals surface area contributed by atoms with Gasteiger partial charge >= 0.3 is 0 Å². The van der Waals surface area contributed by atoms with Crippen LogP contribution in [0.15, 0.2) is 71.5 Å². The van der Waals surface area contributed by atoms with Crippen LogP contribution in [0.25, 0.3) is 28.7 Å². The van der Waals surface area contributed by atoms with Gasteiger partial charge in [-0.2, -0.15) is 0 Å². The number of fused-ring (bicyclic) bond motifs is 1. The Morgan fingerprint density at radius 1 is 0.935 bits per heavy atom. The number of hydrogen-bond donors (Lipinski definition) is 0. The molecule has 1 aromatic heterocycles. The molecule has 0 atom stereocenters. The molecule has 0 unspecified atom stereocenters. The summed E-state index contributed by atoms with van der Waals surface area (Å²) >= 11 is 6.11. The van der Waals surface area contributed by atoms with Gasteiger partial charge in [-0.25, -0.2) is 9.37 Å². The van der Waals surface area contributed by atoms with Crippen molar-refractivity contribution in [2.45, 2.75) is 26.2 Å². The molecule has 1 heterocycles. The molecule has 31 heavy (non-hydrogen) atoms. The molecule has 0 fully saturated rings. The van der Waals surface area contributed by atoms with Gasteiger partial charge in [0.2, 0.25) is 0 Å².